The first-order valence-corrected chi connectivity index (χ1v) is 7.86. The SMILES string of the molecule is O=c1c2cnn(-c3ccccc3[N+](=O)[O-])c2ncn1Cc1ccccc1. The number of hydrogen-bond donors (Lipinski definition) is 0. The molecule has 2 aromatic carbocycles. The van der Waals surface area contributed by atoms with Crippen LogP contribution in [-0.2, 0) is 6.54 Å². The van der Waals surface area contributed by atoms with Crippen molar-refractivity contribution < 1.29 is 4.92 Å². The summed E-state index contributed by atoms with van der Waals surface area (Å²) in [6, 6.07) is 15.8. The van der Waals surface area contributed by atoms with Gasteiger partial charge in [-0.3, -0.25) is 19.5 Å². The van der Waals surface area contributed by atoms with E-state index in [9.17, 15) is 14.9 Å². The second kappa shape index (κ2) is 6.25. The van der Waals surface area contributed by atoms with Gasteiger partial charge < -0.3 is 0 Å². The van der Waals surface area contributed by atoms with Crippen LogP contribution in [0.4, 0.5) is 5.69 Å². The average Bonchev–Trinajstić information content (AvgIpc) is 3.09. The summed E-state index contributed by atoms with van der Waals surface area (Å²) in [6.07, 6.45) is 2.83. The molecule has 0 atom stereocenters. The van der Waals surface area contributed by atoms with Gasteiger partial charge in [0, 0.05) is 6.07 Å². The van der Waals surface area contributed by atoms with Crippen LogP contribution in [0.15, 0.2) is 71.9 Å². The number of nitrogens with zero attached hydrogens (tertiary/aromatic N) is 5. The molecule has 0 saturated heterocycles. The van der Waals surface area contributed by atoms with Gasteiger partial charge in [0.2, 0.25) is 0 Å². The molecule has 0 aliphatic heterocycles. The molecule has 8 nitrogen and oxygen atoms in total. The zero-order valence-electron chi connectivity index (χ0n) is 13.5. The van der Waals surface area contributed by atoms with Crippen molar-refractivity contribution in [1.29, 1.82) is 0 Å². The number of hydrogen-bond acceptors (Lipinski definition) is 5. The summed E-state index contributed by atoms with van der Waals surface area (Å²) < 4.78 is 2.81. The predicted octanol–water partition coefficient (Wildman–Crippen LogP) is 2.54. The first-order chi connectivity index (χ1) is 12.6. The molecular formula is C18H13N5O3. The standard InChI is InChI=1S/C18H13N5O3/c24-18-14-10-20-22(15-8-4-5-9-16(15)23(25)26)17(14)19-12-21(18)11-13-6-2-1-3-7-13/h1-10,12H,11H2. The summed E-state index contributed by atoms with van der Waals surface area (Å²) in [5.41, 5.74) is 1.17. The average molecular weight is 347 g/mol. The van der Waals surface area contributed by atoms with Crippen molar-refractivity contribution in [2.75, 3.05) is 0 Å². The van der Waals surface area contributed by atoms with Gasteiger partial charge in [-0.25, -0.2) is 9.67 Å². The Labute approximate surface area is 147 Å². The zero-order valence-corrected chi connectivity index (χ0v) is 13.5. The molecule has 0 fully saturated rings. The third-order valence-corrected chi connectivity index (χ3v) is 4.06. The Morgan fingerprint density at radius 3 is 2.54 bits per heavy atom. The van der Waals surface area contributed by atoms with E-state index in [-0.39, 0.29) is 22.6 Å². The minimum atomic E-state index is -0.487. The molecule has 0 spiro atoms. The molecular weight excluding hydrogens is 334 g/mol. The third kappa shape index (κ3) is 2.63. The number of benzene rings is 2. The van der Waals surface area contributed by atoms with E-state index in [2.05, 4.69) is 10.1 Å². The molecule has 26 heavy (non-hydrogen) atoms. The summed E-state index contributed by atoms with van der Waals surface area (Å²) in [6.45, 7) is 0.388. The van der Waals surface area contributed by atoms with Gasteiger partial charge in [0.05, 0.1) is 17.7 Å². The lowest BCUT2D eigenvalue weighted by atomic mass is 10.2. The van der Waals surface area contributed by atoms with Crippen molar-refractivity contribution in [3.8, 4) is 5.69 Å². The van der Waals surface area contributed by atoms with Crippen LogP contribution >= 0.6 is 0 Å². The quantitative estimate of drug-likeness (QED) is 0.417. The molecule has 128 valence electrons. The molecule has 0 unspecified atom stereocenters. The lowest BCUT2D eigenvalue weighted by Gasteiger charge is -2.06. The summed E-state index contributed by atoms with van der Waals surface area (Å²) in [5.74, 6) is 0. The second-order valence-electron chi connectivity index (χ2n) is 5.70. The van der Waals surface area contributed by atoms with E-state index in [1.54, 1.807) is 18.2 Å². The van der Waals surface area contributed by atoms with Crippen LogP contribution in [0.1, 0.15) is 5.56 Å². The van der Waals surface area contributed by atoms with Gasteiger partial charge in [0.1, 0.15) is 17.4 Å². The van der Waals surface area contributed by atoms with E-state index in [4.69, 9.17) is 0 Å². The molecule has 0 saturated carbocycles. The molecule has 2 heterocycles. The number of nitro groups is 1. The second-order valence-corrected chi connectivity index (χ2v) is 5.70. The molecule has 0 N–H and O–H groups in total. The van der Waals surface area contributed by atoms with E-state index in [0.717, 1.165) is 5.56 Å². The van der Waals surface area contributed by atoms with Crippen molar-refractivity contribution in [3.63, 3.8) is 0 Å². The Morgan fingerprint density at radius 1 is 1.04 bits per heavy atom. The van der Waals surface area contributed by atoms with E-state index in [0.29, 0.717) is 11.9 Å². The molecule has 4 aromatic rings. The van der Waals surface area contributed by atoms with Crippen molar-refractivity contribution in [2.45, 2.75) is 6.54 Å². The summed E-state index contributed by atoms with van der Waals surface area (Å²) in [5, 5.41) is 15.7. The Hall–Kier alpha value is -3.81. The molecule has 0 amide bonds. The third-order valence-electron chi connectivity index (χ3n) is 4.06. The van der Waals surface area contributed by atoms with Crippen LogP contribution in [0.5, 0.6) is 0 Å². The highest BCUT2D eigenvalue weighted by molar-refractivity contribution is 5.76. The molecule has 4 rings (SSSR count). The fraction of sp³-hybridized carbons (Fsp3) is 0.0556. The van der Waals surface area contributed by atoms with Crippen LogP contribution < -0.4 is 5.56 Å². The van der Waals surface area contributed by atoms with Crippen molar-refractivity contribution in [2.24, 2.45) is 0 Å². The maximum atomic E-state index is 12.7. The smallest absolute Gasteiger partial charge is 0.294 e. The van der Waals surface area contributed by atoms with Crippen LogP contribution in [0.25, 0.3) is 16.7 Å². The zero-order chi connectivity index (χ0) is 18.1. The van der Waals surface area contributed by atoms with E-state index in [1.165, 1.54) is 27.8 Å². The number of fused-ring (bicyclic) bond motifs is 1. The fourth-order valence-electron chi connectivity index (χ4n) is 2.82. The number of nitro benzene ring substituents is 1. The van der Waals surface area contributed by atoms with E-state index >= 15 is 0 Å². The van der Waals surface area contributed by atoms with Crippen molar-refractivity contribution in [1.82, 2.24) is 19.3 Å². The topological polar surface area (TPSA) is 95.8 Å². The normalized spacial score (nSPS) is 10.9. The Balaban J connectivity index is 1.83. The molecule has 0 aliphatic carbocycles. The lowest BCUT2D eigenvalue weighted by molar-refractivity contribution is -0.384. The van der Waals surface area contributed by atoms with Gasteiger partial charge in [-0.15, -0.1) is 0 Å². The number of rotatable bonds is 4. The highest BCUT2D eigenvalue weighted by Crippen LogP contribution is 2.23. The van der Waals surface area contributed by atoms with Gasteiger partial charge in [0.25, 0.3) is 11.2 Å². The van der Waals surface area contributed by atoms with E-state index in [1.807, 2.05) is 30.3 Å². The first-order valence-electron chi connectivity index (χ1n) is 7.86. The maximum Gasteiger partial charge on any atom is 0.294 e. The Morgan fingerprint density at radius 2 is 1.77 bits per heavy atom. The fourth-order valence-corrected chi connectivity index (χ4v) is 2.82. The van der Waals surface area contributed by atoms with Gasteiger partial charge in [0.15, 0.2) is 5.65 Å². The molecule has 0 aliphatic rings. The van der Waals surface area contributed by atoms with Gasteiger partial charge >= 0.3 is 0 Å². The lowest BCUT2D eigenvalue weighted by Crippen LogP contribution is -2.21. The Kier molecular flexibility index (Phi) is 3.77. The minimum absolute atomic E-state index is 0.104. The largest absolute Gasteiger partial charge is 0.294 e. The Bertz CT molecular complexity index is 1160. The summed E-state index contributed by atoms with van der Waals surface area (Å²) >= 11 is 0. The van der Waals surface area contributed by atoms with Crippen molar-refractivity contribution >= 4 is 16.7 Å². The highest BCUT2D eigenvalue weighted by atomic mass is 16.6. The van der Waals surface area contributed by atoms with Gasteiger partial charge in [-0.05, 0) is 11.6 Å². The highest BCUT2D eigenvalue weighted by Gasteiger charge is 2.19. The van der Waals surface area contributed by atoms with Crippen molar-refractivity contribution in [3.05, 3.63) is 93.2 Å². The van der Waals surface area contributed by atoms with Crippen LogP contribution in [0.3, 0.4) is 0 Å². The number of para-hydroxylation sites is 2. The van der Waals surface area contributed by atoms with Gasteiger partial charge in [-0.1, -0.05) is 42.5 Å². The summed E-state index contributed by atoms with van der Waals surface area (Å²) in [7, 11) is 0. The minimum Gasteiger partial charge on any atom is -0.294 e. The van der Waals surface area contributed by atoms with Gasteiger partial charge in [-0.2, -0.15) is 5.10 Å². The number of aromatic nitrogens is 4. The first kappa shape index (κ1) is 15.7. The van der Waals surface area contributed by atoms with E-state index < -0.39 is 4.92 Å². The van der Waals surface area contributed by atoms with Crippen LogP contribution in [-0.4, -0.2) is 24.3 Å². The predicted molar refractivity (Wildman–Crippen MR) is 95.3 cm³/mol. The van der Waals surface area contributed by atoms with Crippen LogP contribution in [0, 0.1) is 10.1 Å². The molecule has 0 radical (unpaired) electrons. The molecule has 0 bridgehead atoms. The monoisotopic (exact) mass is 347 g/mol. The maximum absolute atomic E-state index is 12.7. The molecule has 8 heteroatoms. The van der Waals surface area contributed by atoms with Crippen LogP contribution in [0.2, 0.25) is 0 Å². The molecule has 2 aromatic heterocycles. The summed E-state index contributed by atoms with van der Waals surface area (Å²) in [4.78, 5) is 27.8.